The number of rotatable bonds is 6. The van der Waals surface area contributed by atoms with Gasteiger partial charge in [-0.3, -0.25) is 9.10 Å². The molecule has 1 N–H and O–H groups in total. The minimum Gasteiger partial charge on any atom is -0.449 e. The number of esters is 1. The maximum atomic E-state index is 12.5. The van der Waals surface area contributed by atoms with Crippen molar-refractivity contribution < 1.29 is 22.7 Å². The van der Waals surface area contributed by atoms with Gasteiger partial charge in [-0.05, 0) is 62.8 Å². The Balaban J connectivity index is 1.59. The van der Waals surface area contributed by atoms with E-state index in [9.17, 15) is 18.0 Å². The molecule has 7 nitrogen and oxygen atoms in total. The van der Waals surface area contributed by atoms with Crippen LogP contribution in [0.25, 0.3) is 0 Å². The predicted molar refractivity (Wildman–Crippen MR) is 111 cm³/mol. The number of nitrogens with one attached hydrogen (secondary N) is 1. The lowest BCUT2D eigenvalue weighted by molar-refractivity contribution is -0.129. The van der Waals surface area contributed by atoms with E-state index in [1.54, 1.807) is 25.1 Å². The zero-order valence-corrected chi connectivity index (χ0v) is 18.1. The van der Waals surface area contributed by atoms with Crippen LogP contribution in [0.5, 0.6) is 0 Å². The van der Waals surface area contributed by atoms with E-state index in [-0.39, 0.29) is 11.9 Å². The number of amides is 1. The number of carbonyl (C=O) groups excluding carboxylic acids is 2. The van der Waals surface area contributed by atoms with Crippen molar-refractivity contribution in [2.24, 2.45) is 5.92 Å². The molecule has 1 amide bonds. The summed E-state index contributed by atoms with van der Waals surface area (Å²) < 4.78 is 30.7. The fourth-order valence-corrected chi connectivity index (χ4v) is 5.56. The van der Waals surface area contributed by atoms with Crippen molar-refractivity contribution in [3.8, 4) is 0 Å². The molecule has 0 aromatic heterocycles. The lowest BCUT2D eigenvalue weighted by atomic mass is 9.89. The summed E-state index contributed by atoms with van der Waals surface area (Å²) in [6.45, 7) is 4.02. The molecule has 1 aliphatic heterocycles. The summed E-state index contributed by atoms with van der Waals surface area (Å²) in [5.74, 6) is -0.368. The van der Waals surface area contributed by atoms with Gasteiger partial charge in [0.05, 0.1) is 17.5 Å². The van der Waals surface area contributed by atoms with Crippen LogP contribution in [0.1, 0.15) is 61.9 Å². The lowest BCUT2D eigenvalue weighted by Gasteiger charge is -2.22. The smallest absolute Gasteiger partial charge is 0.338 e. The van der Waals surface area contributed by atoms with E-state index >= 15 is 0 Å². The molecule has 1 aliphatic carbocycles. The average Bonchev–Trinajstić information content (AvgIpc) is 3.01. The van der Waals surface area contributed by atoms with E-state index in [0.29, 0.717) is 30.1 Å². The molecule has 0 saturated heterocycles. The van der Waals surface area contributed by atoms with Crippen LogP contribution in [0.15, 0.2) is 18.2 Å². The van der Waals surface area contributed by atoms with E-state index in [2.05, 4.69) is 5.32 Å². The summed E-state index contributed by atoms with van der Waals surface area (Å²) in [6.07, 6.45) is 6.76. The maximum Gasteiger partial charge on any atom is 0.338 e. The first-order valence-electron chi connectivity index (χ1n) is 10.3. The van der Waals surface area contributed by atoms with Gasteiger partial charge >= 0.3 is 5.97 Å². The largest absolute Gasteiger partial charge is 0.449 e. The number of carbonyl (C=O) groups is 2. The summed E-state index contributed by atoms with van der Waals surface area (Å²) in [4.78, 5) is 24.8. The number of ether oxygens (including phenoxy) is 1. The first kappa shape index (κ1) is 21.6. The lowest BCUT2D eigenvalue weighted by Crippen LogP contribution is -2.38. The first-order chi connectivity index (χ1) is 13.7. The molecule has 0 unspecified atom stereocenters. The summed E-state index contributed by atoms with van der Waals surface area (Å²) in [6, 6.07) is 4.64. The van der Waals surface area contributed by atoms with Gasteiger partial charge in [0.15, 0.2) is 6.10 Å². The number of anilines is 1. The second-order valence-electron chi connectivity index (χ2n) is 8.25. The number of hydrogen-bond acceptors (Lipinski definition) is 5. The minimum absolute atomic E-state index is 0.198. The highest BCUT2D eigenvalue weighted by atomic mass is 32.2. The van der Waals surface area contributed by atoms with Gasteiger partial charge in [0.1, 0.15) is 0 Å². The Hall–Kier alpha value is -2.09. The highest BCUT2D eigenvalue weighted by molar-refractivity contribution is 7.92. The highest BCUT2D eigenvalue weighted by Crippen LogP contribution is 2.34. The Bertz CT molecular complexity index is 877. The van der Waals surface area contributed by atoms with Crippen LogP contribution in [0, 0.1) is 5.92 Å². The Morgan fingerprint density at radius 3 is 2.59 bits per heavy atom. The number of fused-ring (bicyclic) bond motifs is 1. The molecule has 3 rings (SSSR count). The molecule has 29 heavy (non-hydrogen) atoms. The van der Waals surface area contributed by atoms with Crippen molar-refractivity contribution in [2.45, 2.75) is 64.5 Å². The maximum absolute atomic E-state index is 12.5. The van der Waals surface area contributed by atoms with Crippen molar-refractivity contribution in [3.05, 3.63) is 29.3 Å². The monoisotopic (exact) mass is 422 g/mol. The van der Waals surface area contributed by atoms with Crippen LogP contribution in [0.2, 0.25) is 0 Å². The van der Waals surface area contributed by atoms with Crippen LogP contribution in [-0.2, 0) is 26.0 Å². The van der Waals surface area contributed by atoms with Crippen molar-refractivity contribution in [1.29, 1.82) is 0 Å². The standard InChI is InChI=1S/C21H30N2O5S/c1-14-11-18-12-17(9-10-19(18)23(14)29(3,26)27)21(25)28-15(2)20(24)22-13-16-7-5-4-6-8-16/h9-10,12,14-16H,4-8,11,13H2,1-3H3,(H,22,24)/t14-,15-/m0/s1. The van der Waals surface area contributed by atoms with Crippen LogP contribution < -0.4 is 9.62 Å². The molecular weight excluding hydrogens is 392 g/mol. The summed E-state index contributed by atoms with van der Waals surface area (Å²) >= 11 is 0. The van der Waals surface area contributed by atoms with Gasteiger partial charge in [-0.25, -0.2) is 13.2 Å². The number of sulfonamides is 1. The van der Waals surface area contributed by atoms with Gasteiger partial charge in [0, 0.05) is 12.6 Å². The third-order valence-corrected chi connectivity index (χ3v) is 7.04. The normalized spacial score (nSPS) is 20.8. The van der Waals surface area contributed by atoms with Gasteiger partial charge in [0.25, 0.3) is 5.91 Å². The SMILES string of the molecule is C[C@H](OC(=O)c1ccc2c(c1)C[C@H](C)N2S(C)(=O)=O)C(=O)NCC1CCCCC1. The van der Waals surface area contributed by atoms with Crippen LogP contribution in [0.3, 0.4) is 0 Å². The Kier molecular flexibility index (Phi) is 6.51. The Morgan fingerprint density at radius 2 is 1.93 bits per heavy atom. The number of hydrogen-bond donors (Lipinski definition) is 1. The summed E-state index contributed by atoms with van der Waals surface area (Å²) in [7, 11) is -3.38. The van der Waals surface area contributed by atoms with Crippen molar-refractivity contribution in [1.82, 2.24) is 5.32 Å². The van der Waals surface area contributed by atoms with E-state index in [1.165, 1.54) is 29.8 Å². The van der Waals surface area contributed by atoms with E-state index < -0.39 is 22.1 Å². The van der Waals surface area contributed by atoms with Crippen LogP contribution in [0.4, 0.5) is 5.69 Å². The van der Waals surface area contributed by atoms with Gasteiger partial charge in [0.2, 0.25) is 10.0 Å². The van der Waals surface area contributed by atoms with Gasteiger partial charge in [-0.1, -0.05) is 19.3 Å². The fraction of sp³-hybridized carbons (Fsp3) is 0.619. The quantitative estimate of drug-likeness (QED) is 0.712. The molecule has 0 spiro atoms. The molecular formula is C21H30N2O5S. The molecule has 2 atom stereocenters. The van der Waals surface area contributed by atoms with E-state index in [0.717, 1.165) is 18.4 Å². The third kappa shape index (κ3) is 5.10. The zero-order valence-electron chi connectivity index (χ0n) is 17.3. The van der Waals surface area contributed by atoms with Crippen molar-refractivity contribution in [3.63, 3.8) is 0 Å². The molecule has 1 fully saturated rings. The Morgan fingerprint density at radius 1 is 1.24 bits per heavy atom. The molecule has 1 heterocycles. The topological polar surface area (TPSA) is 92.8 Å². The molecule has 8 heteroatoms. The third-order valence-electron chi connectivity index (χ3n) is 5.77. The molecule has 160 valence electrons. The van der Waals surface area contributed by atoms with Crippen LogP contribution in [-0.4, -0.2) is 45.2 Å². The second kappa shape index (κ2) is 8.73. The zero-order chi connectivity index (χ0) is 21.2. The van der Waals surface area contributed by atoms with Crippen molar-refractivity contribution >= 4 is 27.6 Å². The second-order valence-corrected chi connectivity index (χ2v) is 10.1. The molecule has 1 saturated carbocycles. The highest BCUT2D eigenvalue weighted by Gasteiger charge is 2.33. The van der Waals surface area contributed by atoms with Gasteiger partial charge in [-0.2, -0.15) is 0 Å². The first-order valence-corrected chi connectivity index (χ1v) is 12.1. The van der Waals surface area contributed by atoms with Gasteiger partial charge in [-0.15, -0.1) is 0 Å². The fourth-order valence-electron chi connectivity index (χ4n) is 4.30. The Labute approximate surface area is 172 Å². The number of nitrogens with zero attached hydrogens (tertiary/aromatic N) is 1. The average molecular weight is 423 g/mol. The molecule has 0 bridgehead atoms. The predicted octanol–water partition coefficient (Wildman–Crippen LogP) is 2.64. The molecule has 2 aliphatic rings. The molecule has 1 aromatic carbocycles. The van der Waals surface area contributed by atoms with E-state index in [4.69, 9.17) is 4.74 Å². The summed E-state index contributed by atoms with van der Waals surface area (Å²) in [5.41, 5.74) is 1.69. The molecule has 0 radical (unpaired) electrons. The van der Waals surface area contributed by atoms with Crippen molar-refractivity contribution in [2.75, 3.05) is 17.1 Å². The number of benzene rings is 1. The minimum atomic E-state index is -3.38. The van der Waals surface area contributed by atoms with Gasteiger partial charge < -0.3 is 10.1 Å². The summed E-state index contributed by atoms with van der Waals surface area (Å²) in [5, 5.41) is 2.89. The molecule has 1 aromatic rings. The van der Waals surface area contributed by atoms with E-state index in [1.807, 2.05) is 6.92 Å². The van der Waals surface area contributed by atoms with Crippen LogP contribution >= 0.6 is 0 Å².